The van der Waals surface area contributed by atoms with E-state index >= 15 is 0 Å². The van der Waals surface area contributed by atoms with Crippen LogP contribution in [0, 0.1) is 5.82 Å². The number of likely N-dealkylation sites (tertiary alicyclic amines) is 1. The Morgan fingerprint density at radius 1 is 1.29 bits per heavy atom. The Kier molecular flexibility index (Phi) is 6.65. The Labute approximate surface area is 128 Å². The number of likely N-dealkylation sites (N-methyl/N-ethyl adjacent to an activating group) is 1. The van der Waals surface area contributed by atoms with E-state index in [1.165, 1.54) is 44.2 Å². The van der Waals surface area contributed by atoms with Gasteiger partial charge in [0.25, 0.3) is 0 Å². The fourth-order valence-electron chi connectivity index (χ4n) is 3.17. The molecule has 21 heavy (non-hydrogen) atoms. The molecule has 1 aliphatic rings. The van der Waals surface area contributed by atoms with Crippen LogP contribution in [0.25, 0.3) is 0 Å². The molecule has 0 spiro atoms. The van der Waals surface area contributed by atoms with Gasteiger partial charge in [0.15, 0.2) is 0 Å². The molecule has 2 nitrogen and oxygen atoms in total. The largest absolute Gasteiger partial charge is 0.308 e. The van der Waals surface area contributed by atoms with E-state index in [-0.39, 0.29) is 5.82 Å². The molecule has 2 atom stereocenters. The molecular formula is C18H29FN2. The molecule has 0 aromatic heterocycles. The van der Waals surface area contributed by atoms with Crippen molar-refractivity contribution in [2.24, 2.45) is 0 Å². The number of nitrogens with one attached hydrogen (secondary N) is 1. The van der Waals surface area contributed by atoms with Gasteiger partial charge in [0.1, 0.15) is 5.82 Å². The van der Waals surface area contributed by atoms with E-state index in [0.29, 0.717) is 12.1 Å². The first kappa shape index (κ1) is 16.4. The van der Waals surface area contributed by atoms with Gasteiger partial charge < -0.3 is 10.2 Å². The SMILES string of the molecule is CCCCC(NCC1CCCCN1C)c1ccc(F)cc1. The molecule has 1 N–H and O–H groups in total. The van der Waals surface area contributed by atoms with Crippen molar-refractivity contribution in [2.75, 3.05) is 20.1 Å². The fourth-order valence-corrected chi connectivity index (χ4v) is 3.17. The third-order valence-corrected chi connectivity index (χ3v) is 4.64. The van der Waals surface area contributed by atoms with Crippen molar-refractivity contribution < 1.29 is 4.39 Å². The minimum absolute atomic E-state index is 0.153. The molecule has 1 aliphatic heterocycles. The second kappa shape index (κ2) is 8.50. The number of rotatable bonds is 7. The van der Waals surface area contributed by atoms with Crippen molar-refractivity contribution in [3.05, 3.63) is 35.6 Å². The number of benzene rings is 1. The maximum Gasteiger partial charge on any atom is 0.123 e. The van der Waals surface area contributed by atoms with Crippen LogP contribution in [-0.4, -0.2) is 31.1 Å². The van der Waals surface area contributed by atoms with Crippen LogP contribution < -0.4 is 5.32 Å². The van der Waals surface area contributed by atoms with Gasteiger partial charge in [0, 0.05) is 18.6 Å². The third-order valence-electron chi connectivity index (χ3n) is 4.64. The minimum atomic E-state index is -0.153. The van der Waals surface area contributed by atoms with E-state index in [4.69, 9.17) is 0 Å². The highest BCUT2D eigenvalue weighted by atomic mass is 19.1. The van der Waals surface area contributed by atoms with Crippen molar-refractivity contribution in [1.82, 2.24) is 10.2 Å². The summed E-state index contributed by atoms with van der Waals surface area (Å²) in [6.07, 6.45) is 7.47. The zero-order valence-corrected chi connectivity index (χ0v) is 13.4. The Morgan fingerprint density at radius 3 is 2.71 bits per heavy atom. The van der Waals surface area contributed by atoms with E-state index in [1.54, 1.807) is 12.1 Å². The molecule has 1 aromatic rings. The lowest BCUT2D eigenvalue weighted by molar-refractivity contribution is 0.177. The van der Waals surface area contributed by atoms with Gasteiger partial charge in [-0.2, -0.15) is 0 Å². The number of piperidine rings is 1. The first-order valence-corrected chi connectivity index (χ1v) is 8.39. The summed E-state index contributed by atoms with van der Waals surface area (Å²) in [7, 11) is 2.23. The van der Waals surface area contributed by atoms with E-state index in [9.17, 15) is 4.39 Å². The first-order valence-electron chi connectivity index (χ1n) is 8.39. The zero-order valence-electron chi connectivity index (χ0n) is 13.4. The van der Waals surface area contributed by atoms with Gasteiger partial charge in [-0.3, -0.25) is 0 Å². The number of nitrogens with zero attached hydrogens (tertiary/aromatic N) is 1. The Bertz CT molecular complexity index is 404. The van der Waals surface area contributed by atoms with Crippen LogP contribution >= 0.6 is 0 Å². The second-order valence-corrected chi connectivity index (χ2v) is 6.28. The molecule has 0 radical (unpaired) electrons. The van der Waals surface area contributed by atoms with E-state index < -0.39 is 0 Å². The topological polar surface area (TPSA) is 15.3 Å². The maximum absolute atomic E-state index is 13.1. The van der Waals surface area contributed by atoms with Gasteiger partial charge in [0.05, 0.1) is 0 Å². The van der Waals surface area contributed by atoms with Gasteiger partial charge in [-0.15, -0.1) is 0 Å². The number of hydrogen-bond donors (Lipinski definition) is 1. The summed E-state index contributed by atoms with van der Waals surface area (Å²) < 4.78 is 13.1. The van der Waals surface area contributed by atoms with Crippen LogP contribution in [0.2, 0.25) is 0 Å². The van der Waals surface area contributed by atoms with Crippen LogP contribution in [0.15, 0.2) is 24.3 Å². The minimum Gasteiger partial charge on any atom is -0.308 e. The molecule has 3 heteroatoms. The molecule has 1 aromatic carbocycles. The molecule has 1 saturated heterocycles. The molecule has 1 fully saturated rings. The highest BCUT2D eigenvalue weighted by Crippen LogP contribution is 2.21. The number of hydrogen-bond acceptors (Lipinski definition) is 2. The summed E-state index contributed by atoms with van der Waals surface area (Å²) in [4.78, 5) is 2.47. The molecule has 0 aliphatic carbocycles. The third kappa shape index (κ3) is 5.08. The summed E-state index contributed by atoms with van der Waals surface area (Å²) in [5.41, 5.74) is 1.21. The lowest BCUT2D eigenvalue weighted by atomic mass is 9.99. The molecule has 0 bridgehead atoms. The quantitative estimate of drug-likeness (QED) is 0.813. The predicted octanol–water partition coefficient (Wildman–Crippen LogP) is 4.13. The Hall–Kier alpha value is -0.930. The van der Waals surface area contributed by atoms with Gasteiger partial charge in [0.2, 0.25) is 0 Å². The molecule has 0 saturated carbocycles. The van der Waals surface area contributed by atoms with Crippen molar-refractivity contribution in [1.29, 1.82) is 0 Å². The van der Waals surface area contributed by atoms with Crippen molar-refractivity contribution in [3.8, 4) is 0 Å². The molecule has 0 amide bonds. The van der Waals surface area contributed by atoms with Gasteiger partial charge >= 0.3 is 0 Å². The summed E-state index contributed by atoms with van der Waals surface area (Å²) in [6.45, 7) is 4.46. The number of unbranched alkanes of at least 4 members (excludes halogenated alkanes) is 1. The van der Waals surface area contributed by atoms with Gasteiger partial charge in [-0.05, 0) is 50.6 Å². The normalized spacial score (nSPS) is 21.4. The number of halogens is 1. The smallest absolute Gasteiger partial charge is 0.123 e. The fraction of sp³-hybridized carbons (Fsp3) is 0.667. The molecule has 2 rings (SSSR count). The van der Waals surface area contributed by atoms with Crippen LogP contribution in [0.4, 0.5) is 4.39 Å². The van der Waals surface area contributed by atoms with Gasteiger partial charge in [-0.25, -0.2) is 4.39 Å². The van der Waals surface area contributed by atoms with E-state index in [2.05, 4.69) is 24.2 Å². The molecule has 118 valence electrons. The summed E-state index contributed by atoms with van der Waals surface area (Å²) in [5, 5.41) is 3.73. The summed E-state index contributed by atoms with van der Waals surface area (Å²) >= 11 is 0. The average molecular weight is 292 g/mol. The van der Waals surface area contributed by atoms with Crippen molar-refractivity contribution in [2.45, 2.75) is 57.5 Å². The van der Waals surface area contributed by atoms with Crippen LogP contribution in [0.5, 0.6) is 0 Å². The highest BCUT2D eigenvalue weighted by Gasteiger charge is 2.20. The highest BCUT2D eigenvalue weighted by molar-refractivity contribution is 5.20. The zero-order chi connectivity index (χ0) is 15.1. The van der Waals surface area contributed by atoms with Crippen LogP contribution in [0.3, 0.4) is 0 Å². The van der Waals surface area contributed by atoms with Crippen molar-refractivity contribution in [3.63, 3.8) is 0 Å². The monoisotopic (exact) mass is 292 g/mol. The molecule has 2 unspecified atom stereocenters. The van der Waals surface area contributed by atoms with Crippen LogP contribution in [-0.2, 0) is 0 Å². The van der Waals surface area contributed by atoms with Gasteiger partial charge in [-0.1, -0.05) is 38.3 Å². The summed E-state index contributed by atoms with van der Waals surface area (Å²) in [5.74, 6) is -0.153. The lowest BCUT2D eigenvalue weighted by Crippen LogP contribution is -2.43. The summed E-state index contributed by atoms with van der Waals surface area (Å²) in [6, 6.07) is 7.98. The molecule has 1 heterocycles. The second-order valence-electron chi connectivity index (χ2n) is 6.28. The molecular weight excluding hydrogens is 263 g/mol. The maximum atomic E-state index is 13.1. The van der Waals surface area contributed by atoms with Crippen LogP contribution in [0.1, 0.15) is 57.1 Å². The van der Waals surface area contributed by atoms with E-state index in [1.807, 2.05) is 12.1 Å². The average Bonchev–Trinajstić information content (AvgIpc) is 2.50. The first-order chi connectivity index (χ1) is 10.2. The van der Waals surface area contributed by atoms with E-state index in [0.717, 1.165) is 13.0 Å². The predicted molar refractivity (Wildman–Crippen MR) is 86.9 cm³/mol. The Morgan fingerprint density at radius 2 is 2.05 bits per heavy atom. The standard InChI is InChI=1S/C18H29FN2/c1-3-4-8-18(15-9-11-16(19)12-10-15)20-14-17-7-5-6-13-21(17)2/h9-12,17-18,20H,3-8,13-14H2,1-2H3. The van der Waals surface area contributed by atoms with Crippen molar-refractivity contribution >= 4 is 0 Å². The Balaban J connectivity index is 1.94. The lowest BCUT2D eigenvalue weighted by Gasteiger charge is -2.34.